The SMILES string of the molecule is Cc1ccc(-c2nnc(SCc3cc(-c4cccs4)on3)o2)cc1C. The molecular formula is C18H15N3O2S2. The van der Waals surface area contributed by atoms with Gasteiger partial charge in [0.05, 0.1) is 10.6 Å². The standard InChI is InChI=1S/C18H15N3O2S2/c1-11-5-6-13(8-12(11)2)17-19-20-18(22-17)25-10-14-9-15(23-21-14)16-4-3-7-24-16/h3-9H,10H2,1-2H3. The van der Waals surface area contributed by atoms with Crippen LogP contribution in [0.15, 0.2) is 55.9 Å². The fourth-order valence-corrected chi connectivity index (χ4v) is 3.63. The molecule has 25 heavy (non-hydrogen) atoms. The first-order valence-corrected chi connectivity index (χ1v) is 9.59. The van der Waals surface area contributed by atoms with Gasteiger partial charge < -0.3 is 8.94 Å². The summed E-state index contributed by atoms with van der Waals surface area (Å²) in [4.78, 5) is 1.07. The molecule has 0 aliphatic heterocycles. The van der Waals surface area contributed by atoms with Crippen LogP contribution in [0.1, 0.15) is 16.8 Å². The molecule has 1 aromatic carbocycles. The third-order valence-corrected chi connectivity index (χ3v) is 5.56. The number of nitrogens with zero attached hydrogens (tertiary/aromatic N) is 3. The summed E-state index contributed by atoms with van der Waals surface area (Å²) in [6.07, 6.45) is 0. The Morgan fingerprint density at radius 3 is 2.80 bits per heavy atom. The molecule has 0 radical (unpaired) electrons. The number of benzene rings is 1. The molecule has 0 saturated heterocycles. The topological polar surface area (TPSA) is 65.0 Å². The highest BCUT2D eigenvalue weighted by atomic mass is 32.2. The molecule has 0 aliphatic carbocycles. The van der Waals surface area contributed by atoms with Crippen molar-refractivity contribution in [2.75, 3.05) is 0 Å². The lowest BCUT2D eigenvalue weighted by atomic mass is 10.1. The summed E-state index contributed by atoms with van der Waals surface area (Å²) < 4.78 is 11.1. The van der Waals surface area contributed by atoms with E-state index in [0.29, 0.717) is 16.9 Å². The van der Waals surface area contributed by atoms with Crippen molar-refractivity contribution in [2.45, 2.75) is 24.8 Å². The first kappa shape index (κ1) is 16.1. The molecule has 0 unspecified atom stereocenters. The Morgan fingerprint density at radius 1 is 1.08 bits per heavy atom. The third kappa shape index (κ3) is 3.52. The van der Waals surface area contributed by atoms with Gasteiger partial charge in [-0.1, -0.05) is 29.1 Å². The van der Waals surface area contributed by atoms with Gasteiger partial charge in [0.1, 0.15) is 0 Å². The zero-order valence-corrected chi connectivity index (χ0v) is 15.4. The molecule has 4 aromatic rings. The van der Waals surface area contributed by atoms with Gasteiger partial charge in [-0.2, -0.15) is 0 Å². The van der Waals surface area contributed by atoms with Crippen LogP contribution in [0.25, 0.3) is 22.1 Å². The third-order valence-electron chi connectivity index (χ3n) is 3.83. The maximum Gasteiger partial charge on any atom is 0.277 e. The van der Waals surface area contributed by atoms with Gasteiger partial charge in [0.2, 0.25) is 5.89 Å². The van der Waals surface area contributed by atoms with Crippen LogP contribution in [0, 0.1) is 13.8 Å². The maximum atomic E-state index is 5.75. The number of aromatic nitrogens is 3. The molecule has 0 saturated carbocycles. The van der Waals surface area contributed by atoms with Gasteiger partial charge in [0.25, 0.3) is 5.22 Å². The van der Waals surface area contributed by atoms with Crippen molar-refractivity contribution >= 4 is 23.1 Å². The molecule has 0 aliphatic rings. The van der Waals surface area contributed by atoms with Crippen LogP contribution in [-0.4, -0.2) is 15.4 Å². The van der Waals surface area contributed by atoms with E-state index in [1.165, 1.54) is 22.9 Å². The summed E-state index contributed by atoms with van der Waals surface area (Å²) >= 11 is 3.07. The molecule has 0 amide bonds. The second-order valence-electron chi connectivity index (χ2n) is 5.62. The van der Waals surface area contributed by atoms with Gasteiger partial charge in [-0.25, -0.2) is 0 Å². The van der Waals surface area contributed by atoms with E-state index in [1.807, 2.05) is 29.6 Å². The zero-order chi connectivity index (χ0) is 17.2. The molecule has 3 aromatic heterocycles. The summed E-state index contributed by atoms with van der Waals surface area (Å²) in [6.45, 7) is 4.15. The van der Waals surface area contributed by atoms with Crippen LogP contribution >= 0.6 is 23.1 Å². The van der Waals surface area contributed by atoms with Crippen molar-refractivity contribution in [3.63, 3.8) is 0 Å². The van der Waals surface area contributed by atoms with E-state index < -0.39 is 0 Å². The number of thioether (sulfide) groups is 1. The summed E-state index contributed by atoms with van der Waals surface area (Å²) in [5, 5.41) is 14.9. The minimum Gasteiger partial charge on any atom is -0.411 e. The van der Waals surface area contributed by atoms with E-state index in [9.17, 15) is 0 Å². The predicted octanol–water partition coefficient (Wildman–Crippen LogP) is 5.36. The predicted molar refractivity (Wildman–Crippen MR) is 98.6 cm³/mol. The number of hydrogen-bond acceptors (Lipinski definition) is 7. The van der Waals surface area contributed by atoms with E-state index in [4.69, 9.17) is 8.94 Å². The minimum absolute atomic E-state index is 0.522. The number of rotatable bonds is 5. The van der Waals surface area contributed by atoms with Crippen molar-refractivity contribution < 1.29 is 8.94 Å². The average molecular weight is 369 g/mol. The average Bonchev–Trinajstić information content (AvgIpc) is 3.36. The van der Waals surface area contributed by atoms with Crippen LogP contribution in [0.5, 0.6) is 0 Å². The fourth-order valence-electron chi connectivity index (χ4n) is 2.31. The summed E-state index contributed by atoms with van der Waals surface area (Å²) in [5.41, 5.74) is 4.22. The maximum absolute atomic E-state index is 5.75. The van der Waals surface area contributed by atoms with E-state index in [-0.39, 0.29) is 0 Å². The molecular weight excluding hydrogens is 354 g/mol. The lowest BCUT2D eigenvalue weighted by Gasteiger charge is -2.00. The highest BCUT2D eigenvalue weighted by molar-refractivity contribution is 7.98. The highest BCUT2D eigenvalue weighted by Crippen LogP contribution is 2.29. The van der Waals surface area contributed by atoms with Crippen LogP contribution in [0.3, 0.4) is 0 Å². The highest BCUT2D eigenvalue weighted by Gasteiger charge is 2.12. The number of hydrogen-bond donors (Lipinski definition) is 0. The van der Waals surface area contributed by atoms with Gasteiger partial charge in [0.15, 0.2) is 5.76 Å². The second kappa shape index (κ2) is 6.85. The quantitative estimate of drug-likeness (QED) is 0.441. The molecule has 7 heteroatoms. The molecule has 126 valence electrons. The minimum atomic E-state index is 0.522. The Labute approximate surface area is 153 Å². The smallest absolute Gasteiger partial charge is 0.277 e. The summed E-state index contributed by atoms with van der Waals surface area (Å²) in [5.74, 6) is 1.93. The van der Waals surface area contributed by atoms with Gasteiger partial charge in [0, 0.05) is 17.4 Å². The molecule has 3 heterocycles. The van der Waals surface area contributed by atoms with Crippen molar-refractivity contribution in [3.8, 4) is 22.1 Å². The van der Waals surface area contributed by atoms with Crippen LogP contribution in [0.2, 0.25) is 0 Å². The van der Waals surface area contributed by atoms with Gasteiger partial charge >= 0.3 is 0 Å². The lowest BCUT2D eigenvalue weighted by Crippen LogP contribution is -1.83. The lowest BCUT2D eigenvalue weighted by molar-refractivity contribution is 0.427. The second-order valence-corrected chi connectivity index (χ2v) is 7.49. The Hall–Kier alpha value is -2.38. The Morgan fingerprint density at radius 2 is 2.00 bits per heavy atom. The zero-order valence-electron chi connectivity index (χ0n) is 13.7. The largest absolute Gasteiger partial charge is 0.411 e. The number of aryl methyl sites for hydroxylation is 2. The molecule has 4 rings (SSSR count). The molecule has 0 N–H and O–H groups in total. The normalized spacial score (nSPS) is 11.1. The Balaban J connectivity index is 1.44. The van der Waals surface area contributed by atoms with Crippen molar-refractivity contribution in [2.24, 2.45) is 0 Å². The Kier molecular flexibility index (Phi) is 4.42. The molecule has 0 spiro atoms. The van der Waals surface area contributed by atoms with Gasteiger partial charge in [-0.05, 0) is 48.6 Å². The van der Waals surface area contributed by atoms with Crippen molar-refractivity contribution in [1.29, 1.82) is 0 Å². The molecule has 0 atom stereocenters. The van der Waals surface area contributed by atoms with Crippen LogP contribution in [0.4, 0.5) is 0 Å². The summed E-state index contributed by atoms with van der Waals surface area (Å²) in [7, 11) is 0. The van der Waals surface area contributed by atoms with Crippen LogP contribution in [-0.2, 0) is 5.75 Å². The van der Waals surface area contributed by atoms with Gasteiger partial charge in [-0.15, -0.1) is 21.5 Å². The van der Waals surface area contributed by atoms with E-state index >= 15 is 0 Å². The number of thiophene rings is 1. The van der Waals surface area contributed by atoms with Gasteiger partial charge in [-0.3, -0.25) is 0 Å². The fraction of sp³-hybridized carbons (Fsp3) is 0.167. The van der Waals surface area contributed by atoms with Crippen molar-refractivity contribution in [3.05, 3.63) is 58.6 Å². The molecule has 5 nitrogen and oxygen atoms in total. The van der Waals surface area contributed by atoms with Crippen LogP contribution < -0.4 is 0 Å². The molecule has 0 bridgehead atoms. The first-order chi connectivity index (χ1) is 12.2. The van der Waals surface area contributed by atoms with E-state index in [1.54, 1.807) is 11.3 Å². The first-order valence-electron chi connectivity index (χ1n) is 7.72. The molecule has 0 fully saturated rings. The monoisotopic (exact) mass is 369 g/mol. The Bertz CT molecular complexity index is 990. The van der Waals surface area contributed by atoms with Crippen molar-refractivity contribution in [1.82, 2.24) is 15.4 Å². The van der Waals surface area contributed by atoms with E-state index in [2.05, 4.69) is 41.3 Å². The van der Waals surface area contributed by atoms with E-state index in [0.717, 1.165) is 21.9 Å². The summed E-state index contributed by atoms with van der Waals surface area (Å²) in [6, 6.07) is 12.1.